The summed E-state index contributed by atoms with van der Waals surface area (Å²) < 4.78 is 4.88. The number of hydroxylamine groups is 2. The third-order valence-electron chi connectivity index (χ3n) is 4.89. The zero-order valence-electron chi connectivity index (χ0n) is 16.6. The molecule has 1 N–H and O–H groups in total. The third kappa shape index (κ3) is 4.55. The fourth-order valence-electron chi connectivity index (χ4n) is 3.44. The Balaban J connectivity index is 2.31. The molecule has 5 heteroatoms. The van der Waals surface area contributed by atoms with Crippen LogP contribution in [0.5, 0.6) is 0 Å². The number of amides is 1. The van der Waals surface area contributed by atoms with Gasteiger partial charge in [-0.15, -0.1) is 0 Å². The molecule has 0 aliphatic heterocycles. The fraction of sp³-hybridized carbons (Fsp3) is 0.364. The molecule has 0 saturated heterocycles. The first kappa shape index (κ1) is 20.6. The molecule has 1 unspecified atom stereocenters. The largest absolute Gasteiger partial charge is 0.467 e. The molecular formula is C22H27NO4. The molecule has 0 aliphatic rings. The molecule has 2 rings (SSSR count). The molecule has 2 aromatic carbocycles. The SMILES string of the molecule is COC(=O)C(C)(Cc1ccccc1)N(O)C(=O)Cc1c(C)cc(C)cc1C. The van der Waals surface area contributed by atoms with Gasteiger partial charge in [-0.05, 0) is 49.9 Å². The van der Waals surface area contributed by atoms with Crippen molar-refractivity contribution in [2.45, 2.75) is 46.1 Å². The highest BCUT2D eigenvalue weighted by Gasteiger charge is 2.43. The van der Waals surface area contributed by atoms with Crippen molar-refractivity contribution in [2.24, 2.45) is 0 Å². The van der Waals surface area contributed by atoms with Crippen LogP contribution in [0.1, 0.15) is 34.7 Å². The molecule has 1 atom stereocenters. The lowest BCUT2D eigenvalue weighted by Crippen LogP contribution is -2.56. The smallest absolute Gasteiger partial charge is 0.334 e. The van der Waals surface area contributed by atoms with Gasteiger partial charge in [0.25, 0.3) is 5.91 Å². The molecule has 5 nitrogen and oxygen atoms in total. The molecule has 0 aliphatic carbocycles. The van der Waals surface area contributed by atoms with Crippen LogP contribution in [-0.2, 0) is 27.2 Å². The number of esters is 1. The zero-order chi connectivity index (χ0) is 20.2. The van der Waals surface area contributed by atoms with Gasteiger partial charge in [0.15, 0.2) is 5.54 Å². The summed E-state index contributed by atoms with van der Waals surface area (Å²) in [6.45, 7) is 7.39. The van der Waals surface area contributed by atoms with Crippen molar-refractivity contribution in [1.29, 1.82) is 0 Å². The van der Waals surface area contributed by atoms with Crippen molar-refractivity contribution in [3.05, 3.63) is 70.3 Å². The van der Waals surface area contributed by atoms with Crippen molar-refractivity contribution >= 4 is 11.9 Å². The van der Waals surface area contributed by atoms with Gasteiger partial charge in [-0.1, -0.05) is 48.0 Å². The Bertz CT molecular complexity index is 808. The molecule has 0 aromatic heterocycles. The van der Waals surface area contributed by atoms with E-state index in [1.54, 1.807) is 0 Å². The third-order valence-corrected chi connectivity index (χ3v) is 4.89. The second-order valence-electron chi connectivity index (χ2n) is 7.19. The van der Waals surface area contributed by atoms with Crippen molar-refractivity contribution < 1.29 is 19.5 Å². The number of aryl methyl sites for hydroxylation is 3. The van der Waals surface area contributed by atoms with Crippen molar-refractivity contribution in [3.63, 3.8) is 0 Å². The van der Waals surface area contributed by atoms with Crippen LogP contribution in [0.4, 0.5) is 0 Å². The first-order valence-electron chi connectivity index (χ1n) is 8.90. The first-order valence-corrected chi connectivity index (χ1v) is 8.90. The Morgan fingerprint density at radius 2 is 1.63 bits per heavy atom. The number of hydrogen-bond acceptors (Lipinski definition) is 4. The van der Waals surface area contributed by atoms with Crippen molar-refractivity contribution in [3.8, 4) is 0 Å². The summed E-state index contributed by atoms with van der Waals surface area (Å²) in [5.41, 5.74) is 3.25. The Hall–Kier alpha value is -2.66. The summed E-state index contributed by atoms with van der Waals surface area (Å²) >= 11 is 0. The van der Waals surface area contributed by atoms with Crippen LogP contribution >= 0.6 is 0 Å². The van der Waals surface area contributed by atoms with Gasteiger partial charge in [0.05, 0.1) is 13.5 Å². The van der Waals surface area contributed by atoms with Gasteiger partial charge >= 0.3 is 5.97 Å². The van der Waals surface area contributed by atoms with Gasteiger partial charge in [0.1, 0.15) is 0 Å². The maximum absolute atomic E-state index is 12.8. The van der Waals surface area contributed by atoms with Crippen LogP contribution in [-0.4, -0.2) is 34.8 Å². The quantitative estimate of drug-likeness (QED) is 0.480. The van der Waals surface area contributed by atoms with E-state index in [0.717, 1.165) is 27.8 Å². The maximum atomic E-state index is 12.8. The minimum atomic E-state index is -1.51. The van der Waals surface area contributed by atoms with Crippen LogP contribution in [0.25, 0.3) is 0 Å². The highest BCUT2D eigenvalue weighted by molar-refractivity contribution is 5.88. The summed E-state index contributed by atoms with van der Waals surface area (Å²) in [7, 11) is 1.25. The van der Waals surface area contributed by atoms with Crippen LogP contribution in [0.2, 0.25) is 0 Å². The minimum Gasteiger partial charge on any atom is -0.467 e. The van der Waals surface area contributed by atoms with Crippen molar-refractivity contribution in [2.75, 3.05) is 7.11 Å². The van der Waals surface area contributed by atoms with E-state index in [0.29, 0.717) is 5.06 Å². The predicted octanol–water partition coefficient (Wildman–Crippen LogP) is 3.55. The summed E-state index contributed by atoms with van der Waals surface area (Å²) in [5, 5.41) is 11.2. The van der Waals surface area contributed by atoms with Crippen LogP contribution in [0, 0.1) is 20.8 Å². The Morgan fingerprint density at radius 1 is 1.07 bits per heavy atom. The summed E-state index contributed by atoms with van der Waals surface area (Å²) in [4.78, 5) is 25.3. The van der Waals surface area contributed by atoms with E-state index in [1.165, 1.54) is 14.0 Å². The normalized spacial score (nSPS) is 13.0. The summed E-state index contributed by atoms with van der Waals surface area (Å²) in [6.07, 6.45) is 0.157. The van der Waals surface area contributed by atoms with E-state index in [9.17, 15) is 14.8 Å². The number of carbonyl (C=O) groups is 2. The molecule has 144 valence electrons. The summed E-state index contributed by atoms with van der Waals surface area (Å²) in [5.74, 6) is -1.21. The molecule has 0 fully saturated rings. The second-order valence-corrected chi connectivity index (χ2v) is 7.19. The molecule has 0 saturated carbocycles. The number of hydrogen-bond donors (Lipinski definition) is 1. The van der Waals surface area contributed by atoms with Crippen LogP contribution in [0.15, 0.2) is 42.5 Å². The average molecular weight is 369 g/mol. The van der Waals surface area contributed by atoms with E-state index in [4.69, 9.17) is 4.74 Å². The average Bonchev–Trinajstić information content (AvgIpc) is 2.63. The van der Waals surface area contributed by atoms with Crippen LogP contribution < -0.4 is 0 Å². The lowest BCUT2D eigenvalue weighted by Gasteiger charge is -2.34. The minimum absolute atomic E-state index is 0.00974. The van der Waals surface area contributed by atoms with Gasteiger partial charge in [-0.2, -0.15) is 0 Å². The molecular weight excluding hydrogens is 342 g/mol. The molecule has 2 aromatic rings. The number of methoxy groups -OCH3 is 1. The van der Waals surface area contributed by atoms with E-state index < -0.39 is 17.4 Å². The Labute approximate surface area is 160 Å². The topological polar surface area (TPSA) is 66.8 Å². The zero-order valence-corrected chi connectivity index (χ0v) is 16.6. The molecule has 0 spiro atoms. The number of rotatable bonds is 6. The van der Waals surface area contributed by atoms with E-state index in [2.05, 4.69) is 0 Å². The van der Waals surface area contributed by atoms with Crippen molar-refractivity contribution in [1.82, 2.24) is 5.06 Å². The van der Waals surface area contributed by atoms with Gasteiger partial charge < -0.3 is 4.74 Å². The molecule has 0 radical (unpaired) electrons. The lowest BCUT2D eigenvalue weighted by molar-refractivity contribution is -0.203. The highest BCUT2D eigenvalue weighted by Crippen LogP contribution is 2.24. The Kier molecular flexibility index (Phi) is 6.39. The predicted molar refractivity (Wildman–Crippen MR) is 104 cm³/mol. The van der Waals surface area contributed by atoms with E-state index in [-0.39, 0.29) is 12.8 Å². The lowest BCUT2D eigenvalue weighted by atomic mass is 9.91. The van der Waals surface area contributed by atoms with Gasteiger partial charge in [0, 0.05) is 6.42 Å². The first-order chi connectivity index (χ1) is 12.7. The van der Waals surface area contributed by atoms with E-state index >= 15 is 0 Å². The van der Waals surface area contributed by atoms with E-state index in [1.807, 2.05) is 63.2 Å². The fourth-order valence-corrected chi connectivity index (χ4v) is 3.44. The molecule has 27 heavy (non-hydrogen) atoms. The second kappa shape index (κ2) is 8.35. The monoisotopic (exact) mass is 369 g/mol. The molecule has 1 amide bonds. The number of benzene rings is 2. The number of ether oxygens (including phenoxy) is 1. The highest BCUT2D eigenvalue weighted by atomic mass is 16.6. The van der Waals surface area contributed by atoms with Gasteiger partial charge in [-0.25, -0.2) is 9.86 Å². The number of nitrogens with zero attached hydrogens (tertiary/aromatic N) is 1. The van der Waals surface area contributed by atoms with Crippen LogP contribution in [0.3, 0.4) is 0 Å². The Morgan fingerprint density at radius 3 is 2.15 bits per heavy atom. The van der Waals surface area contributed by atoms with Gasteiger partial charge in [-0.3, -0.25) is 10.0 Å². The standard InChI is InChI=1S/C22H27NO4/c1-15-11-16(2)19(17(3)12-15)13-20(24)23(26)22(4,21(25)27-5)14-18-9-7-6-8-10-18/h6-12,26H,13-14H2,1-5H3. The molecule has 0 bridgehead atoms. The molecule has 0 heterocycles. The maximum Gasteiger partial charge on any atom is 0.334 e. The number of carbonyl (C=O) groups excluding carboxylic acids is 2. The summed E-state index contributed by atoms with van der Waals surface area (Å²) in [6, 6.07) is 13.2. The van der Waals surface area contributed by atoms with Gasteiger partial charge in [0.2, 0.25) is 0 Å².